The number of esters is 1. The molecule has 0 unspecified atom stereocenters. The van der Waals surface area contributed by atoms with E-state index in [0.29, 0.717) is 22.8 Å². The molecule has 0 aliphatic carbocycles. The second-order valence-corrected chi connectivity index (χ2v) is 5.99. The van der Waals surface area contributed by atoms with Crippen LogP contribution in [0.3, 0.4) is 0 Å². The SMILES string of the molecule is O=C(OCc1cc(-c2cc3ccccc3o2)on1)c1cccc(C(F)(F)F)c1. The molecule has 0 spiro atoms. The van der Waals surface area contributed by atoms with Crippen LogP contribution >= 0.6 is 0 Å². The number of furan rings is 1. The van der Waals surface area contributed by atoms with Crippen LogP contribution < -0.4 is 0 Å². The first-order valence-corrected chi connectivity index (χ1v) is 8.19. The molecular weight excluding hydrogens is 375 g/mol. The number of rotatable bonds is 4. The van der Waals surface area contributed by atoms with Crippen molar-refractivity contribution < 1.29 is 31.6 Å². The van der Waals surface area contributed by atoms with Crippen molar-refractivity contribution in [3.05, 3.63) is 77.5 Å². The predicted octanol–water partition coefficient (Wildman–Crippen LogP) is 5.46. The minimum Gasteiger partial charge on any atom is -0.455 e. The average Bonchev–Trinajstić information content (AvgIpc) is 3.32. The molecule has 5 nitrogen and oxygen atoms in total. The molecule has 0 atom stereocenters. The molecule has 0 aliphatic heterocycles. The summed E-state index contributed by atoms with van der Waals surface area (Å²) < 4.78 is 54.1. The van der Waals surface area contributed by atoms with Crippen LogP contribution in [0.4, 0.5) is 13.2 Å². The quantitative estimate of drug-likeness (QED) is 0.435. The topological polar surface area (TPSA) is 65.5 Å². The molecule has 28 heavy (non-hydrogen) atoms. The van der Waals surface area contributed by atoms with Crippen molar-refractivity contribution >= 4 is 16.9 Å². The summed E-state index contributed by atoms with van der Waals surface area (Å²) >= 11 is 0. The van der Waals surface area contributed by atoms with Gasteiger partial charge in [-0.2, -0.15) is 13.2 Å². The number of carbonyl (C=O) groups excluding carboxylic acids is 1. The third kappa shape index (κ3) is 3.62. The Bertz CT molecular complexity index is 1110. The van der Waals surface area contributed by atoms with E-state index in [2.05, 4.69) is 5.16 Å². The number of ether oxygens (including phenoxy) is 1. The Labute approximate surface area is 156 Å². The fourth-order valence-electron chi connectivity index (χ4n) is 2.64. The van der Waals surface area contributed by atoms with E-state index in [1.807, 2.05) is 24.3 Å². The van der Waals surface area contributed by atoms with E-state index in [4.69, 9.17) is 13.7 Å². The molecule has 0 bridgehead atoms. The summed E-state index contributed by atoms with van der Waals surface area (Å²) in [7, 11) is 0. The molecule has 0 amide bonds. The predicted molar refractivity (Wildman–Crippen MR) is 92.3 cm³/mol. The lowest BCUT2D eigenvalue weighted by Crippen LogP contribution is -2.09. The van der Waals surface area contributed by atoms with Gasteiger partial charge in [0, 0.05) is 11.5 Å². The minimum absolute atomic E-state index is 0.198. The van der Waals surface area contributed by atoms with Gasteiger partial charge >= 0.3 is 12.1 Å². The first kappa shape index (κ1) is 17.8. The lowest BCUT2D eigenvalue weighted by molar-refractivity contribution is -0.137. The van der Waals surface area contributed by atoms with Gasteiger partial charge in [-0.3, -0.25) is 0 Å². The summed E-state index contributed by atoms with van der Waals surface area (Å²) in [5.41, 5.74) is -0.131. The monoisotopic (exact) mass is 387 g/mol. The standard InChI is InChI=1S/C20H12F3NO4/c21-20(22,23)14-6-3-5-13(8-14)19(25)26-11-15-10-18(28-24-15)17-9-12-4-1-2-7-16(12)27-17/h1-10H,11H2. The Hall–Kier alpha value is -3.55. The summed E-state index contributed by atoms with van der Waals surface area (Å²) in [6.07, 6.45) is -4.54. The Morgan fingerprint density at radius 1 is 1.00 bits per heavy atom. The molecule has 4 aromatic rings. The maximum absolute atomic E-state index is 12.7. The number of carbonyl (C=O) groups is 1. The highest BCUT2D eigenvalue weighted by Gasteiger charge is 2.31. The van der Waals surface area contributed by atoms with Crippen molar-refractivity contribution in [1.29, 1.82) is 0 Å². The van der Waals surface area contributed by atoms with E-state index >= 15 is 0 Å². The van der Waals surface area contributed by atoms with Gasteiger partial charge in [0.05, 0.1) is 11.1 Å². The van der Waals surface area contributed by atoms with E-state index in [9.17, 15) is 18.0 Å². The molecule has 8 heteroatoms. The molecular formula is C20H12F3NO4. The van der Waals surface area contributed by atoms with Crippen molar-refractivity contribution in [2.45, 2.75) is 12.8 Å². The van der Waals surface area contributed by atoms with Gasteiger partial charge in [0.25, 0.3) is 0 Å². The van der Waals surface area contributed by atoms with Gasteiger partial charge < -0.3 is 13.7 Å². The number of nitrogens with zero attached hydrogens (tertiary/aromatic N) is 1. The number of fused-ring (bicyclic) bond motifs is 1. The minimum atomic E-state index is -4.54. The molecule has 0 fully saturated rings. The first-order chi connectivity index (χ1) is 13.4. The van der Waals surface area contributed by atoms with Crippen LogP contribution in [-0.4, -0.2) is 11.1 Å². The molecule has 2 aromatic heterocycles. The number of hydrogen-bond donors (Lipinski definition) is 0. The maximum Gasteiger partial charge on any atom is 0.416 e. The highest BCUT2D eigenvalue weighted by molar-refractivity contribution is 5.89. The van der Waals surface area contributed by atoms with Crippen LogP contribution in [0.15, 0.2) is 69.6 Å². The molecule has 0 saturated carbocycles. The lowest BCUT2D eigenvalue weighted by Gasteiger charge is -2.08. The van der Waals surface area contributed by atoms with Crippen LogP contribution in [0.2, 0.25) is 0 Å². The van der Waals surface area contributed by atoms with Gasteiger partial charge in [-0.25, -0.2) is 4.79 Å². The Morgan fingerprint density at radius 3 is 2.61 bits per heavy atom. The van der Waals surface area contributed by atoms with Crippen molar-refractivity contribution in [2.24, 2.45) is 0 Å². The summed E-state index contributed by atoms with van der Waals surface area (Å²) in [4.78, 5) is 12.0. The van der Waals surface area contributed by atoms with Gasteiger partial charge in [-0.05, 0) is 30.3 Å². The van der Waals surface area contributed by atoms with Crippen molar-refractivity contribution in [3.8, 4) is 11.5 Å². The van der Waals surface area contributed by atoms with E-state index in [0.717, 1.165) is 23.6 Å². The highest BCUT2D eigenvalue weighted by Crippen LogP contribution is 2.30. The molecule has 0 N–H and O–H groups in total. The summed E-state index contributed by atoms with van der Waals surface area (Å²) in [5, 5.41) is 4.69. The number of aromatic nitrogens is 1. The van der Waals surface area contributed by atoms with E-state index in [1.54, 1.807) is 6.07 Å². The largest absolute Gasteiger partial charge is 0.455 e. The molecule has 0 saturated heterocycles. The second kappa shape index (κ2) is 6.88. The van der Waals surface area contributed by atoms with Gasteiger partial charge in [-0.1, -0.05) is 29.4 Å². The van der Waals surface area contributed by atoms with Crippen LogP contribution in [0.5, 0.6) is 0 Å². The molecule has 2 aromatic carbocycles. The molecule has 142 valence electrons. The van der Waals surface area contributed by atoms with Gasteiger partial charge in [0.2, 0.25) is 5.76 Å². The van der Waals surface area contributed by atoms with E-state index in [1.165, 1.54) is 12.1 Å². The van der Waals surface area contributed by atoms with Gasteiger partial charge in [0.15, 0.2) is 5.76 Å². The molecule has 0 aliphatic rings. The second-order valence-electron chi connectivity index (χ2n) is 5.99. The van der Waals surface area contributed by atoms with E-state index < -0.39 is 17.7 Å². The van der Waals surface area contributed by atoms with Gasteiger partial charge in [-0.15, -0.1) is 0 Å². The third-order valence-electron chi connectivity index (χ3n) is 4.00. The molecule has 0 radical (unpaired) electrons. The number of benzene rings is 2. The lowest BCUT2D eigenvalue weighted by atomic mass is 10.1. The van der Waals surface area contributed by atoms with Crippen molar-refractivity contribution in [1.82, 2.24) is 5.16 Å². The Morgan fingerprint density at radius 2 is 1.82 bits per heavy atom. The Balaban J connectivity index is 1.45. The van der Waals surface area contributed by atoms with Gasteiger partial charge in [0.1, 0.15) is 17.9 Å². The van der Waals surface area contributed by atoms with Crippen LogP contribution in [0.1, 0.15) is 21.6 Å². The summed E-state index contributed by atoms with van der Waals surface area (Å²) in [5.74, 6) is -0.0788. The van der Waals surface area contributed by atoms with Crippen LogP contribution in [-0.2, 0) is 17.5 Å². The summed E-state index contributed by atoms with van der Waals surface area (Å²) in [6, 6.07) is 14.8. The average molecular weight is 387 g/mol. The Kier molecular flexibility index (Phi) is 4.38. The number of alkyl halides is 3. The number of hydrogen-bond acceptors (Lipinski definition) is 5. The maximum atomic E-state index is 12.7. The zero-order valence-corrected chi connectivity index (χ0v) is 14.2. The van der Waals surface area contributed by atoms with E-state index in [-0.39, 0.29) is 12.2 Å². The highest BCUT2D eigenvalue weighted by atomic mass is 19.4. The summed E-state index contributed by atoms with van der Waals surface area (Å²) in [6.45, 7) is -0.251. The third-order valence-corrected chi connectivity index (χ3v) is 4.00. The van der Waals surface area contributed by atoms with Crippen molar-refractivity contribution in [3.63, 3.8) is 0 Å². The fourth-order valence-corrected chi connectivity index (χ4v) is 2.64. The fraction of sp³-hybridized carbons (Fsp3) is 0.100. The number of para-hydroxylation sites is 1. The normalized spacial score (nSPS) is 11.7. The number of halogens is 3. The molecule has 2 heterocycles. The van der Waals surface area contributed by atoms with Crippen molar-refractivity contribution in [2.75, 3.05) is 0 Å². The zero-order chi connectivity index (χ0) is 19.7. The van der Waals surface area contributed by atoms with Crippen LogP contribution in [0.25, 0.3) is 22.5 Å². The smallest absolute Gasteiger partial charge is 0.416 e. The zero-order valence-electron chi connectivity index (χ0n) is 14.2. The molecule has 4 rings (SSSR count). The van der Waals surface area contributed by atoms with Crippen LogP contribution in [0, 0.1) is 0 Å². The first-order valence-electron chi connectivity index (χ1n) is 8.19.